The quantitative estimate of drug-likeness (QED) is 0.926. The van der Waals surface area contributed by atoms with Gasteiger partial charge in [-0.2, -0.15) is 0 Å². The molecular weight excluding hydrogens is 317 g/mol. The predicted molar refractivity (Wildman–Crippen MR) is 72.5 cm³/mol. The van der Waals surface area contributed by atoms with Crippen LogP contribution < -0.4 is 0 Å². The highest BCUT2D eigenvalue weighted by atomic mass is 79.9. The summed E-state index contributed by atoms with van der Waals surface area (Å²) in [5, 5.41) is 8.89. The van der Waals surface area contributed by atoms with Crippen LogP contribution in [0, 0.1) is 5.82 Å². The second-order valence-electron chi connectivity index (χ2n) is 5.08. The van der Waals surface area contributed by atoms with Gasteiger partial charge in [0.1, 0.15) is 12.4 Å². The van der Waals surface area contributed by atoms with Gasteiger partial charge in [-0.15, -0.1) is 0 Å². The smallest absolute Gasteiger partial charge is 0.323 e. The van der Waals surface area contributed by atoms with Gasteiger partial charge in [0.2, 0.25) is 0 Å². The first-order chi connectivity index (χ1) is 8.62. The second kappa shape index (κ2) is 5.69. The number of carboxylic acids is 1. The number of carbonyl (C=O) groups is 2. The molecule has 1 aromatic carbocycles. The van der Waals surface area contributed by atoms with Crippen LogP contribution >= 0.6 is 15.9 Å². The van der Waals surface area contributed by atoms with Crippen molar-refractivity contribution in [2.75, 3.05) is 6.54 Å². The van der Waals surface area contributed by atoms with Gasteiger partial charge in [0.05, 0.1) is 5.56 Å². The maximum absolute atomic E-state index is 13.0. The molecule has 0 aliphatic heterocycles. The van der Waals surface area contributed by atoms with Crippen molar-refractivity contribution in [2.45, 2.75) is 26.3 Å². The van der Waals surface area contributed by atoms with Crippen LogP contribution in [-0.4, -0.2) is 34.0 Å². The average Bonchev–Trinajstić information content (AvgIpc) is 2.23. The van der Waals surface area contributed by atoms with Crippen molar-refractivity contribution in [3.05, 3.63) is 34.1 Å². The third kappa shape index (κ3) is 4.02. The van der Waals surface area contributed by atoms with Crippen LogP contribution in [0.5, 0.6) is 0 Å². The van der Waals surface area contributed by atoms with Gasteiger partial charge in [-0.1, -0.05) is 0 Å². The fraction of sp³-hybridized carbons (Fsp3) is 0.385. The number of benzene rings is 1. The summed E-state index contributed by atoms with van der Waals surface area (Å²) >= 11 is 3.11. The van der Waals surface area contributed by atoms with Gasteiger partial charge >= 0.3 is 5.97 Å². The molecule has 0 unspecified atom stereocenters. The van der Waals surface area contributed by atoms with Crippen molar-refractivity contribution in [1.29, 1.82) is 0 Å². The topological polar surface area (TPSA) is 57.6 Å². The third-order valence-corrected chi connectivity index (χ3v) is 3.17. The molecular formula is C13H15BrFNO3. The number of hydrogen-bond acceptors (Lipinski definition) is 2. The summed E-state index contributed by atoms with van der Waals surface area (Å²) in [5.74, 6) is -2.02. The van der Waals surface area contributed by atoms with Gasteiger partial charge in [0.15, 0.2) is 0 Å². The lowest BCUT2D eigenvalue weighted by Gasteiger charge is -2.34. The number of nitrogens with zero attached hydrogens (tertiary/aromatic N) is 1. The van der Waals surface area contributed by atoms with Gasteiger partial charge in [-0.25, -0.2) is 4.39 Å². The van der Waals surface area contributed by atoms with Crippen LogP contribution in [-0.2, 0) is 4.79 Å². The van der Waals surface area contributed by atoms with E-state index in [0.29, 0.717) is 4.47 Å². The number of aliphatic carboxylic acids is 1. The Hall–Kier alpha value is -1.43. The second-order valence-corrected chi connectivity index (χ2v) is 5.93. The highest BCUT2D eigenvalue weighted by molar-refractivity contribution is 9.10. The molecule has 0 aromatic heterocycles. The number of rotatable bonds is 3. The normalized spacial score (nSPS) is 11.2. The van der Waals surface area contributed by atoms with Gasteiger partial charge in [-0.05, 0) is 54.9 Å². The van der Waals surface area contributed by atoms with Crippen molar-refractivity contribution in [3.8, 4) is 0 Å². The molecule has 0 spiro atoms. The van der Waals surface area contributed by atoms with Crippen LogP contribution in [0.15, 0.2) is 22.7 Å². The first kappa shape index (κ1) is 15.6. The van der Waals surface area contributed by atoms with Gasteiger partial charge in [0.25, 0.3) is 5.91 Å². The molecule has 1 rings (SSSR count). The average molecular weight is 332 g/mol. The first-order valence-electron chi connectivity index (χ1n) is 5.61. The van der Waals surface area contributed by atoms with E-state index >= 15 is 0 Å². The Balaban J connectivity index is 3.16. The molecule has 1 N–H and O–H groups in total. The monoisotopic (exact) mass is 331 g/mol. The van der Waals surface area contributed by atoms with E-state index in [1.165, 1.54) is 23.1 Å². The highest BCUT2D eigenvalue weighted by Crippen LogP contribution is 2.23. The zero-order valence-electron chi connectivity index (χ0n) is 10.9. The zero-order chi connectivity index (χ0) is 14.8. The fourth-order valence-corrected chi connectivity index (χ4v) is 2.08. The van der Waals surface area contributed by atoms with Gasteiger partial charge in [0, 0.05) is 10.0 Å². The maximum atomic E-state index is 13.0. The largest absolute Gasteiger partial charge is 0.480 e. The lowest BCUT2D eigenvalue weighted by molar-refractivity contribution is -0.138. The molecule has 0 heterocycles. The number of carboxylic acid groups (broad SMARTS) is 1. The number of carbonyl (C=O) groups excluding carboxylic acids is 1. The lowest BCUT2D eigenvalue weighted by atomic mass is 10.0. The molecule has 6 heteroatoms. The number of hydrogen-bond donors (Lipinski definition) is 1. The van der Waals surface area contributed by atoms with Crippen LogP contribution in [0.1, 0.15) is 31.1 Å². The van der Waals surface area contributed by atoms with Gasteiger partial charge < -0.3 is 10.0 Å². The van der Waals surface area contributed by atoms with Crippen molar-refractivity contribution < 1.29 is 19.1 Å². The van der Waals surface area contributed by atoms with Crippen LogP contribution in [0.25, 0.3) is 0 Å². The van der Waals surface area contributed by atoms with Crippen molar-refractivity contribution in [1.82, 2.24) is 4.90 Å². The van der Waals surface area contributed by atoms with Crippen molar-refractivity contribution in [2.24, 2.45) is 0 Å². The molecule has 0 saturated carbocycles. The van der Waals surface area contributed by atoms with E-state index in [-0.39, 0.29) is 5.56 Å². The zero-order valence-corrected chi connectivity index (χ0v) is 12.5. The molecule has 1 aromatic rings. The summed E-state index contributed by atoms with van der Waals surface area (Å²) < 4.78 is 13.3. The Bertz CT molecular complexity index is 511. The SMILES string of the molecule is CC(C)(C)N(CC(=O)O)C(=O)c1ccc(F)cc1Br. The lowest BCUT2D eigenvalue weighted by Crippen LogP contribution is -2.48. The third-order valence-electron chi connectivity index (χ3n) is 2.51. The molecule has 104 valence electrons. The van der Waals surface area contributed by atoms with E-state index in [2.05, 4.69) is 15.9 Å². The fourth-order valence-electron chi connectivity index (χ4n) is 1.56. The first-order valence-corrected chi connectivity index (χ1v) is 6.41. The van der Waals surface area contributed by atoms with Crippen LogP contribution in [0.3, 0.4) is 0 Å². The summed E-state index contributed by atoms with van der Waals surface area (Å²) in [6, 6.07) is 3.68. The Morgan fingerprint density at radius 1 is 1.37 bits per heavy atom. The molecule has 0 aliphatic carbocycles. The maximum Gasteiger partial charge on any atom is 0.323 e. The van der Waals surface area contributed by atoms with Crippen molar-refractivity contribution in [3.63, 3.8) is 0 Å². The van der Waals surface area contributed by atoms with E-state index < -0.39 is 29.8 Å². The molecule has 0 bridgehead atoms. The molecule has 0 radical (unpaired) electrons. The standard InChI is InChI=1S/C13H15BrFNO3/c1-13(2,3)16(7-11(17)18)12(19)9-5-4-8(15)6-10(9)14/h4-6H,7H2,1-3H3,(H,17,18). The molecule has 0 saturated heterocycles. The Morgan fingerprint density at radius 3 is 2.37 bits per heavy atom. The van der Waals surface area contributed by atoms with Crippen LogP contribution in [0.2, 0.25) is 0 Å². The summed E-state index contributed by atoms with van der Waals surface area (Å²) in [6.45, 7) is 4.81. The minimum Gasteiger partial charge on any atom is -0.480 e. The van der Waals surface area contributed by atoms with Crippen molar-refractivity contribution >= 4 is 27.8 Å². The van der Waals surface area contributed by atoms with E-state index in [1.807, 2.05) is 0 Å². The minimum atomic E-state index is -1.10. The molecule has 1 amide bonds. The molecule has 0 aliphatic rings. The van der Waals surface area contributed by atoms with E-state index in [0.717, 1.165) is 0 Å². The van der Waals surface area contributed by atoms with E-state index in [1.54, 1.807) is 20.8 Å². The summed E-state index contributed by atoms with van der Waals surface area (Å²) in [6.07, 6.45) is 0. The Labute approximate surface area is 119 Å². The van der Waals surface area contributed by atoms with Crippen LogP contribution in [0.4, 0.5) is 4.39 Å². The molecule has 4 nitrogen and oxygen atoms in total. The molecule has 0 atom stereocenters. The Kier molecular flexibility index (Phi) is 4.68. The minimum absolute atomic E-state index is 0.234. The molecule has 19 heavy (non-hydrogen) atoms. The van der Waals surface area contributed by atoms with E-state index in [9.17, 15) is 14.0 Å². The summed E-state index contributed by atoms with van der Waals surface area (Å²) in [7, 11) is 0. The van der Waals surface area contributed by atoms with Gasteiger partial charge in [-0.3, -0.25) is 9.59 Å². The Morgan fingerprint density at radius 2 is 1.95 bits per heavy atom. The summed E-state index contributed by atoms with van der Waals surface area (Å²) in [4.78, 5) is 24.5. The molecule has 0 fully saturated rings. The predicted octanol–water partition coefficient (Wildman–Crippen LogP) is 2.91. The summed E-state index contributed by atoms with van der Waals surface area (Å²) in [5.41, 5.74) is -0.416. The van der Waals surface area contributed by atoms with E-state index in [4.69, 9.17) is 5.11 Å². The number of halogens is 2. The highest BCUT2D eigenvalue weighted by Gasteiger charge is 2.30. The number of amides is 1.